The molecule has 26 heavy (non-hydrogen) atoms. The van der Waals surface area contributed by atoms with Gasteiger partial charge in [0.1, 0.15) is 5.82 Å². The number of halogens is 2. The van der Waals surface area contributed by atoms with E-state index in [1.54, 1.807) is 23.1 Å². The molecule has 0 saturated carbocycles. The molecular formula is C18H16BrFN2O2S2. The number of sulfone groups is 1. The second-order valence-electron chi connectivity index (χ2n) is 6.36. The Balaban J connectivity index is 1.63. The summed E-state index contributed by atoms with van der Waals surface area (Å²) in [5.74, 6) is 0.362. The van der Waals surface area contributed by atoms with Crippen LogP contribution in [0.25, 0.3) is 0 Å². The summed E-state index contributed by atoms with van der Waals surface area (Å²) in [7, 11) is -3.14. The van der Waals surface area contributed by atoms with Crippen LogP contribution in [-0.2, 0) is 15.6 Å². The Morgan fingerprint density at radius 2 is 1.88 bits per heavy atom. The van der Waals surface area contributed by atoms with Gasteiger partial charge in [-0.05, 0) is 29.8 Å². The van der Waals surface area contributed by atoms with Crippen molar-refractivity contribution in [3.63, 3.8) is 0 Å². The highest BCUT2D eigenvalue weighted by Gasteiger charge is 2.47. The van der Waals surface area contributed by atoms with Crippen molar-refractivity contribution in [3.8, 4) is 0 Å². The number of aliphatic imine (C=N–C) groups is 1. The molecule has 2 heterocycles. The smallest absolute Gasteiger partial charge is 0.164 e. The zero-order chi connectivity index (χ0) is 18.3. The van der Waals surface area contributed by atoms with Gasteiger partial charge in [-0.2, -0.15) is 0 Å². The number of amidine groups is 1. The minimum atomic E-state index is -3.14. The second kappa shape index (κ2) is 6.98. The molecule has 4 nitrogen and oxygen atoms in total. The van der Waals surface area contributed by atoms with Gasteiger partial charge in [-0.3, -0.25) is 4.99 Å². The summed E-state index contributed by atoms with van der Waals surface area (Å²) >= 11 is 4.93. The van der Waals surface area contributed by atoms with Crippen molar-refractivity contribution in [2.24, 2.45) is 4.99 Å². The van der Waals surface area contributed by atoms with Gasteiger partial charge in [-0.25, -0.2) is 12.8 Å². The first kappa shape index (κ1) is 18.0. The Hall–Kier alpha value is -1.38. The fourth-order valence-electron chi connectivity index (χ4n) is 3.29. The summed E-state index contributed by atoms with van der Waals surface area (Å²) in [6.45, 7) is 0. The zero-order valence-corrected chi connectivity index (χ0v) is 16.9. The molecule has 136 valence electrons. The molecule has 1 fully saturated rings. The molecule has 0 aliphatic carbocycles. The van der Waals surface area contributed by atoms with E-state index in [0.717, 1.165) is 10.0 Å². The van der Waals surface area contributed by atoms with Crippen LogP contribution in [0.3, 0.4) is 0 Å². The van der Waals surface area contributed by atoms with Crippen molar-refractivity contribution in [1.29, 1.82) is 0 Å². The Kier molecular flexibility index (Phi) is 4.83. The number of fused-ring (bicyclic) bond motifs is 1. The van der Waals surface area contributed by atoms with Gasteiger partial charge in [-0.15, -0.1) is 0 Å². The zero-order valence-electron chi connectivity index (χ0n) is 13.7. The predicted molar refractivity (Wildman–Crippen MR) is 108 cm³/mol. The molecule has 0 bridgehead atoms. The summed E-state index contributed by atoms with van der Waals surface area (Å²) in [4.78, 5) is 6.40. The van der Waals surface area contributed by atoms with E-state index in [4.69, 9.17) is 0 Å². The summed E-state index contributed by atoms with van der Waals surface area (Å²) in [5, 5.41) is 0.683. The topological polar surface area (TPSA) is 49.7 Å². The summed E-state index contributed by atoms with van der Waals surface area (Å²) in [6.07, 6.45) is 0. The number of hydrogen-bond acceptors (Lipinski definition) is 5. The standard InChI is InChI=1S/C18H16BrFN2O2S2/c19-13-7-5-12(6-8-13)9-25-18-21-15-10-26(23,24)11-17(15)22(18)16-4-2-1-3-14(16)20/h1-8,15,17H,9-11H2/t15-,17-/m0/s1. The van der Waals surface area contributed by atoms with Crippen molar-refractivity contribution in [3.05, 3.63) is 64.4 Å². The van der Waals surface area contributed by atoms with Gasteiger partial charge in [0.15, 0.2) is 15.0 Å². The molecule has 0 unspecified atom stereocenters. The maximum atomic E-state index is 14.4. The van der Waals surface area contributed by atoms with E-state index in [-0.39, 0.29) is 29.4 Å². The molecule has 0 aromatic heterocycles. The van der Waals surface area contributed by atoms with E-state index in [1.165, 1.54) is 17.8 Å². The van der Waals surface area contributed by atoms with E-state index in [0.29, 0.717) is 16.6 Å². The molecule has 2 aliphatic heterocycles. The maximum Gasteiger partial charge on any atom is 0.164 e. The summed E-state index contributed by atoms with van der Waals surface area (Å²) < 4.78 is 39.5. The van der Waals surface area contributed by atoms with Crippen LogP contribution in [0, 0.1) is 5.82 Å². The third-order valence-corrected chi connectivity index (χ3v) is 7.77. The fraction of sp³-hybridized carbons (Fsp3) is 0.278. The van der Waals surface area contributed by atoms with Gasteiger partial charge in [0.2, 0.25) is 0 Å². The third-order valence-electron chi connectivity index (χ3n) is 4.50. The van der Waals surface area contributed by atoms with Crippen molar-refractivity contribution < 1.29 is 12.8 Å². The monoisotopic (exact) mass is 454 g/mol. The average molecular weight is 455 g/mol. The SMILES string of the molecule is O=S1(=O)C[C@@H]2N=C(SCc3ccc(Br)cc3)N(c3ccccc3F)[C@H]2C1. The van der Waals surface area contributed by atoms with E-state index in [1.807, 2.05) is 24.3 Å². The van der Waals surface area contributed by atoms with Crippen molar-refractivity contribution >= 4 is 48.4 Å². The molecule has 2 aliphatic rings. The van der Waals surface area contributed by atoms with Crippen LogP contribution >= 0.6 is 27.7 Å². The van der Waals surface area contributed by atoms with E-state index < -0.39 is 9.84 Å². The molecule has 2 atom stereocenters. The quantitative estimate of drug-likeness (QED) is 0.706. The molecule has 0 amide bonds. The summed E-state index contributed by atoms with van der Waals surface area (Å²) in [5.41, 5.74) is 1.51. The molecule has 2 aromatic carbocycles. The minimum absolute atomic E-state index is 0.0118. The van der Waals surface area contributed by atoms with Crippen LogP contribution in [0.2, 0.25) is 0 Å². The Morgan fingerprint density at radius 3 is 2.62 bits per heavy atom. The average Bonchev–Trinajstić information content (AvgIpc) is 3.06. The molecule has 1 saturated heterocycles. The molecular weight excluding hydrogens is 439 g/mol. The normalized spacial score (nSPS) is 23.8. The Morgan fingerprint density at radius 1 is 1.15 bits per heavy atom. The Bertz CT molecular complexity index is 963. The van der Waals surface area contributed by atoms with Crippen LogP contribution in [0.5, 0.6) is 0 Å². The lowest BCUT2D eigenvalue weighted by atomic mass is 10.1. The number of hydrogen-bond donors (Lipinski definition) is 0. The maximum absolute atomic E-state index is 14.4. The first-order valence-corrected chi connectivity index (χ1v) is 11.7. The van der Waals surface area contributed by atoms with Crippen molar-refractivity contribution in [2.45, 2.75) is 17.8 Å². The molecule has 0 radical (unpaired) electrons. The molecule has 4 rings (SSSR count). The van der Waals surface area contributed by atoms with Crippen LogP contribution in [0.15, 0.2) is 58.0 Å². The number of rotatable bonds is 3. The summed E-state index contributed by atoms with van der Waals surface area (Å²) in [6, 6.07) is 13.8. The first-order chi connectivity index (χ1) is 12.4. The van der Waals surface area contributed by atoms with Gasteiger partial charge < -0.3 is 4.90 Å². The van der Waals surface area contributed by atoms with Crippen molar-refractivity contribution in [1.82, 2.24) is 0 Å². The van der Waals surface area contributed by atoms with Gasteiger partial charge >= 0.3 is 0 Å². The molecule has 0 spiro atoms. The molecule has 0 N–H and O–H groups in total. The number of thioether (sulfide) groups is 1. The number of benzene rings is 2. The van der Waals surface area contributed by atoms with Crippen molar-refractivity contribution in [2.75, 3.05) is 16.4 Å². The van der Waals surface area contributed by atoms with E-state index in [2.05, 4.69) is 20.9 Å². The lowest BCUT2D eigenvalue weighted by molar-refractivity contribution is 0.600. The Labute approximate surface area is 164 Å². The lowest BCUT2D eigenvalue weighted by Crippen LogP contribution is -2.39. The van der Waals surface area contributed by atoms with Gasteiger partial charge in [0.25, 0.3) is 0 Å². The van der Waals surface area contributed by atoms with Crippen LogP contribution in [0.4, 0.5) is 10.1 Å². The number of para-hydroxylation sites is 1. The lowest BCUT2D eigenvalue weighted by Gasteiger charge is -2.26. The van der Waals surface area contributed by atoms with Crippen LogP contribution in [0.1, 0.15) is 5.56 Å². The highest BCUT2D eigenvalue weighted by molar-refractivity contribution is 9.10. The predicted octanol–water partition coefficient (Wildman–Crippen LogP) is 3.86. The van der Waals surface area contributed by atoms with Gasteiger partial charge in [-0.1, -0.05) is 52.0 Å². The highest BCUT2D eigenvalue weighted by atomic mass is 79.9. The fourth-order valence-corrected chi connectivity index (χ4v) is 6.47. The van der Waals surface area contributed by atoms with Crippen LogP contribution < -0.4 is 4.90 Å². The second-order valence-corrected chi connectivity index (χ2v) is 10.4. The largest absolute Gasteiger partial charge is 0.312 e. The van der Waals surface area contributed by atoms with Crippen LogP contribution in [-0.4, -0.2) is 37.2 Å². The van der Waals surface area contributed by atoms with E-state index >= 15 is 0 Å². The molecule has 2 aromatic rings. The first-order valence-electron chi connectivity index (χ1n) is 8.12. The van der Waals surface area contributed by atoms with Gasteiger partial charge in [0, 0.05) is 10.2 Å². The number of anilines is 1. The third kappa shape index (κ3) is 3.54. The minimum Gasteiger partial charge on any atom is -0.312 e. The highest BCUT2D eigenvalue weighted by Crippen LogP contribution is 2.37. The number of nitrogens with zero attached hydrogens (tertiary/aromatic N) is 2. The van der Waals surface area contributed by atoms with E-state index in [9.17, 15) is 12.8 Å². The van der Waals surface area contributed by atoms with Gasteiger partial charge in [0.05, 0.1) is 29.3 Å². The molecule has 8 heteroatoms.